The summed E-state index contributed by atoms with van der Waals surface area (Å²) < 4.78 is 25.7. The molecule has 1 rings (SSSR count). The highest BCUT2D eigenvalue weighted by atomic mass is 19.3. The second-order valence-electron chi connectivity index (χ2n) is 3.08. The van der Waals surface area contributed by atoms with Gasteiger partial charge in [0.15, 0.2) is 0 Å². The minimum atomic E-state index is -2.87. The molecule has 3 nitrogen and oxygen atoms in total. The number of hydrogen-bond donors (Lipinski definition) is 2. The average Bonchev–Trinajstić information content (AvgIpc) is 2.30. The SMILES string of the molecule is CNCc1nc(C(C)(F)F)c(C)[nH]1. The second-order valence-corrected chi connectivity index (χ2v) is 3.08. The van der Waals surface area contributed by atoms with Crippen molar-refractivity contribution in [3.05, 3.63) is 17.2 Å². The molecule has 2 N–H and O–H groups in total. The Morgan fingerprint density at radius 1 is 1.54 bits per heavy atom. The van der Waals surface area contributed by atoms with Gasteiger partial charge in [0.2, 0.25) is 0 Å². The highest BCUT2D eigenvalue weighted by Crippen LogP contribution is 2.27. The summed E-state index contributed by atoms with van der Waals surface area (Å²) in [6.07, 6.45) is 0. The van der Waals surface area contributed by atoms with Gasteiger partial charge in [-0.25, -0.2) is 4.98 Å². The van der Waals surface area contributed by atoms with E-state index in [0.29, 0.717) is 18.1 Å². The predicted molar refractivity (Wildman–Crippen MR) is 45.7 cm³/mol. The van der Waals surface area contributed by atoms with Crippen LogP contribution in [0.1, 0.15) is 24.1 Å². The molecule has 0 saturated carbocycles. The minimum Gasteiger partial charge on any atom is -0.345 e. The molecule has 74 valence electrons. The predicted octanol–water partition coefficient (Wildman–Crippen LogP) is 1.55. The number of imidazole rings is 1. The van der Waals surface area contributed by atoms with Gasteiger partial charge in [-0.2, -0.15) is 8.78 Å². The third-order valence-corrected chi connectivity index (χ3v) is 1.69. The van der Waals surface area contributed by atoms with Crippen molar-refractivity contribution >= 4 is 0 Å². The molecule has 0 unspecified atom stereocenters. The first kappa shape index (κ1) is 10.1. The van der Waals surface area contributed by atoms with E-state index in [1.54, 1.807) is 14.0 Å². The van der Waals surface area contributed by atoms with Gasteiger partial charge in [0, 0.05) is 12.6 Å². The fraction of sp³-hybridized carbons (Fsp3) is 0.625. The summed E-state index contributed by atoms with van der Waals surface area (Å²) in [5, 5.41) is 2.84. The van der Waals surface area contributed by atoms with Crippen molar-refractivity contribution in [1.29, 1.82) is 0 Å². The molecule has 0 spiro atoms. The number of aromatic amines is 1. The molecule has 0 aliphatic rings. The van der Waals surface area contributed by atoms with E-state index >= 15 is 0 Å². The van der Waals surface area contributed by atoms with Crippen molar-refractivity contribution in [3.63, 3.8) is 0 Å². The zero-order valence-electron chi connectivity index (χ0n) is 7.91. The first-order chi connectivity index (χ1) is 5.95. The fourth-order valence-electron chi connectivity index (χ4n) is 1.20. The van der Waals surface area contributed by atoms with Crippen LogP contribution in [0.5, 0.6) is 0 Å². The normalized spacial score (nSPS) is 12.1. The van der Waals surface area contributed by atoms with Crippen molar-refractivity contribution in [2.75, 3.05) is 7.05 Å². The Kier molecular flexibility index (Phi) is 2.66. The van der Waals surface area contributed by atoms with Crippen LogP contribution in [0.4, 0.5) is 8.78 Å². The fourth-order valence-corrected chi connectivity index (χ4v) is 1.20. The van der Waals surface area contributed by atoms with Gasteiger partial charge in [0.25, 0.3) is 5.92 Å². The number of nitrogens with one attached hydrogen (secondary N) is 2. The van der Waals surface area contributed by atoms with Crippen molar-refractivity contribution in [1.82, 2.24) is 15.3 Å². The third kappa shape index (κ3) is 2.24. The molecule has 0 aliphatic carbocycles. The molecule has 0 atom stereocenters. The molecular formula is C8H13F2N3. The Morgan fingerprint density at radius 2 is 2.15 bits per heavy atom. The summed E-state index contributed by atoms with van der Waals surface area (Å²) in [7, 11) is 1.74. The molecule has 0 amide bonds. The van der Waals surface area contributed by atoms with E-state index in [2.05, 4.69) is 15.3 Å². The first-order valence-electron chi connectivity index (χ1n) is 4.03. The number of alkyl halides is 2. The van der Waals surface area contributed by atoms with Crippen LogP contribution < -0.4 is 5.32 Å². The van der Waals surface area contributed by atoms with Gasteiger partial charge < -0.3 is 10.3 Å². The smallest absolute Gasteiger partial charge is 0.288 e. The van der Waals surface area contributed by atoms with Gasteiger partial charge in [-0.1, -0.05) is 0 Å². The summed E-state index contributed by atoms with van der Waals surface area (Å²) in [4.78, 5) is 6.60. The van der Waals surface area contributed by atoms with E-state index in [1.807, 2.05) is 0 Å². The Bertz CT molecular complexity index is 288. The van der Waals surface area contributed by atoms with E-state index in [4.69, 9.17) is 0 Å². The number of halogens is 2. The molecule has 0 saturated heterocycles. The van der Waals surface area contributed by atoms with Crippen molar-refractivity contribution in [2.45, 2.75) is 26.3 Å². The number of aromatic nitrogens is 2. The lowest BCUT2D eigenvalue weighted by atomic mass is 10.2. The van der Waals surface area contributed by atoms with Crippen LogP contribution in [0.2, 0.25) is 0 Å². The highest BCUT2D eigenvalue weighted by Gasteiger charge is 2.29. The maximum Gasteiger partial charge on any atom is 0.288 e. The summed E-state index contributed by atoms with van der Waals surface area (Å²) >= 11 is 0. The Morgan fingerprint density at radius 3 is 2.54 bits per heavy atom. The van der Waals surface area contributed by atoms with Crippen LogP contribution in [0.25, 0.3) is 0 Å². The van der Waals surface area contributed by atoms with Gasteiger partial charge in [-0.15, -0.1) is 0 Å². The van der Waals surface area contributed by atoms with E-state index in [0.717, 1.165) is 6.92 Å². The van der Waals surface area contributed by atoms with Crippen LogP contribution in [-0.4, -0.2) is 17.0 Å². The number of H-pyrrole nitrogens is 1. The molecule has 0 aromatic carbocycles. The topological polar surface area (TPSA) is 40.7 Å². The summed E-state index contributed by atoms with van der Waals surface area (Å²) in [5.74, 6) is -2.33. The van der Waals surface area contributed by atoms with Crippen LogP contribution in [0.15, 0.2) is 0 Å². The summed E-state index contributed by atoms with van der Waals surface area (Å²) in [6.45, 7) is 2.91. The number of aryl methyl sites for hydroxylation is 1. The molecule has 0 fully saturated rings. The van der Waals surface area contributed by atoms with E-state index < -0.39 is 5.92 Å². The summed E-state index contributed by atoms with van der Waals surface area (Å²) in [6, 6.07) is 0. The molecule has 1 aromatic heterocycles. The molecule has 5 heteroatoms. The molecular weight excluding hydrogens is 176 g/mol. The Hall–Kier alpha value is -0.970. The molecule has 0 bridgehead atoms. The van der Waals surface area contributed by atoms with E-state index in [9.17, 15) is 8.78 Å². The van der Waals surface area contributed by atoms with Crippen LogP contribution in [-0.2, 0) is 12.5 Å². The van der Waals surface area contributed by atoms with Gasteiger partial charge in [-0.05, 0) is 14.0 Å². The maximum atomic E-state index is 12.9. The van der Waals surface area contributed by atoms with Gasteiger partial charge in [0.1, 0.15) is 11.5 Å². The minimum absolute atomic E-state index is 0.169. The first-order valence-corrected chi connectivity index (χ1v) is 4.03. The van der Waals surface area contributed by atoms with Crippen molar-refractivity contribution in [2.24, 2.45) is 0 Å². The molecule has 1 aromatic rings. The quantitative estimate of drug-likeness (QED) is 0.757. The number of hydrogen-bond acceptors (Lipinski definition) is 2. The van der Waals surface area contributed by atoms with Crippen molar-refractivity contribution < 1.29 is 8.78 Å². The van der Waals surface area contributed by atoms with E-state index in [1.165, 1.54) is 0 Å². The molecule has 0 aliphatic heterocycles. The number of rotatable bonds is 3. The molecule has 1 heterocycles. The largest absolute Gasteiger partial charge is 0.345 e. The zero-order chi connectivity index (χ0) is 10.1. The maximum absolute atomic E-state index is 12.9. The Labute approximate surface area is 75.6 Å². The van der Waals surface area contributed by atoms with Gasteiger partial charge in [-0.3, -0.25) is 0 Å². The highest BCUT2D eigenvalue weighted by molar-refractivity contribution is 5.17. The standard InChI is InChI=1S/C8H13F2N3/c1-5-7(8(2,9)10)13-6(12-5)4-11-3/h11H,4H2,1-3H3,(H,12,13). The zero-order valence-corrected chi connectivity index (χ0v) is 7.91. The number of nitrogens with zero attached hydrogens (tertiary/aromatic N) is 1. The lowest BCUT2D eigenvalue weighted by Crippen LogP contribution is -2.10. The van der Waals surface area contributed by atoms with Gasteiger partial charge >= 0.3 is 0 Å². The van der Waals surface area contributed by atoms with Crippen molar-refractivity contribution in [3.8, 4) is 0 Å². The van der Waals surface area contributed by atoms with E-state index in [-0.39, 0.29) is 5.69 Å². The molecule has 0 radical (unpaired) electrons. The third-order valence-electron chi connectivity index (χ3n) is 1.69. The Balaban J connectivity index is 2.96. The monoisotopic (exact) mass is 189 g/mol. The van der Waals surface area contributed by atoms with Gasteiger partial charge in [0.05, 0.1) is 6.54 Å². The lowest BCUT2D eigenvalue weighted by Gasteiger charge is -2.06. The summed E-state index contributed by atoms with van der Waals surface area (Å²) in [5.41, 5.74) is 0.260. The van der Waals surface area contributed by atoms with Crippen LogP contribution in [0, 0.1) is 6.92 Å². The lowest BCUT2D eigenvalue weighted by molar-refractivity contribution is 0.0124. The van der Waals surface area contributed by atoms with Crippen LogP contribution in [0.3, 0.4) is 0 Å². The average molecular weight is 189 g/mol. The van der Waals surface area contributed by atoms with Crippen LogP contribution >= 0.6 is 0 Å². The second kappa shape index (κ2) is 3.41. The molecule has 13 heavy (non-hydrogen) atoms.